The fourth-order valence-corrected chi connectivity index (χ4v) is 3.75. The second kappa shape index (κ2) is 7.78. The highest BCUT2D eigenvalue weighted by Crippen LogP contribution is 2.22. The number of nitrogens with zero attached hydrogens (tertiary/aromatic N) is 4. The van der Waals surface area contributed by atoms with E-state index in [4.69, 9.17) is 16.3 Å². The Labute approximate surface area is 158 Å². The van der Waals surface area contributed by atoms with E-state index < -0.39 is 0 Å². The minimum Gasteiger partial charge on any atom is -0.378 e. The molecule has 6 nitrogen and oxygen atoms in total. The highest BCUT2D eigenvalue weighted by molar-refractivity contribution is 6.30. The number of hydrogen-bond donors (Lipinski definition) is 0. The molecule has 0 atom stereocenters. The number of halogens is 1. The molecular formula is C19H23ClN4O2. The molecule has 2 aromatic rings. The Bertz CT molecular complexity index is 786. The van der Waals surface area contributed by atoms with Crippen LogP contribution in [0.4, 0.5) is 4.79 Å². The van der Waals surface area contributed by atoms with E-state index in [0.29, 0.717) is 31.5 Å². The van der Waals surface area contributed by atoms with Crippen LogP contribution in [0.5, 0.6) is 0 Å². The average Bonchev–Trinajstić information content (AvgIpc) is 2.69. The summed E-state index contributed by atoms with van der Waals surface area (Å²) in [5.74, 6) is 0. The molecule has 4 rings (SSSR count). The summed E-state index contributed by atoms with van der Waals surface area (Å²) in [6.45, 7) is 6.60. The van der Waals surface area contributed by atoms with Gasteiger partial charge < -0.3 is 14.5 Å². The summed E-state index contributed by atoms with van der Waals surface area (Å²) in [5.41, 5.74) is 1.96. The van der Waals surface area contributed by atoms with E-state index in [-0.39, 0.29) is 6.03 Å². The van der Waals surface area contributed by atoms with Crippen LogP contribution < -0.4 is 0 Å². The van der Waals surface area contributed by atoms with Crippen LogP contribution in [0.2, 0.25) is 5.15 Å². The fraction of sp³-hybridized carbons (Fsp3) is 0.474. The number of urea groups is 1. The third-order valence-corrected chi connectivity index (χ3v) is 5.40. The van der Waals surface area contributed by atoms with E-state index in [1.807, 2.05) is 28.0 Å². The number of piperazine rings is 1. The predicted molar refractivity (Wildman–Crippen MR) is 101 cm³/mol. The highest BCUT2D eigenvalue weighted by Gasteiger charge is 2.26. The van der Waals surface area contributed by atoms with Crippen molar-refractivity contribution in [1.29, 1.82) is 0 Å². The molecule has 0 saturated carbocycles. The van der Waals surface area contributed by atoms with Gasteiger partial charge >= 0.3 is 6.03 Å². The highest BCUT2D eigenvalue weighted by atomic mass is 35.5. The lowest BCUT2D eigenvalue weighted by atomic mass is 10.1. The zero-order chi connectivity index (χ0) is 17.9. The van der Waals surface area contributed by atoms with Gasteiger partial charge in [0.15, 0.2) is 0 Å². The molecule has 2 saturated heterocycles. The molecule has 0 bridgehead atoms. The predicted octanol–water partition coefficient (Wildman–Crippen LogP) is 2.46. The van der Waals surface area contributed by atoms with Gasteiger partial charge in [-0.1, -0.05) is 29.8 Å². The van der Waals surface area contributed by atoms with Gasteiger partial charge in [0.05, 0.1) is 18.7 Å². The lowest BCUT2D eigenvalue weighted by molar-refractivity contribution is 0.0373. The normalized spacial score (nSPS) is 19.1. The second-order valence-corrected chi connectivity index (χ2v) is 7.13. The van der Waals surface area contributed by atoms with Gasteiger partial charge in [0.2, 0.25) is 0 Å². The zero-order valence-electron chi connectivity index (χ0n) is 14.7. The molecule has 0 radical (unpaired) electrons. The van der Waals surface area contributed by atoms with Crippen molar-refractivity contribution in [3.63, 3.8) is 0 Å². The number of pyridine rings is 1. The van der Waals surface area contributed by atoms with Gasteiger partial charge in [0, 0.05) is 56.8 Å². The number of morpholine rings is 1. The van der Waals surface area contributed by atoms with Crippen LogP contribution in [-0.4, -0.2) is 78.2 Å². The maximum atomic E-state index is 12.6. The van der Waals surface area contributed by atoms with Crippen molar-refractivity contribution in [3.8, 4) is 0 Å². The van der Waals surface area contributed by atoms with Crippen LogP contribution >= 0.6 is 11.6 Å². The molecule has 26 heavy (non-hydrogen) atoms. The molecule has 3 heterocycles. The van der Waals surface area contributed by atoms with Crippen LogP contribution in [0.25, 0.3) is 10.9 Å². The Morgan fingerprint density at radius 1 is 1.04 bits per heavy atom. The van der Waals surface area contributed by atoms with Gasteiger partial charge in [0.25, 0.3) is 0 Å². The van der Waals surface area contributed by atoms with Crippen LogP contribution in [0.15, 0.2) is 30.3 Å². The minimum atomic E-state index is 0.137. The van der Waals surface area contributed by atoms with Gasteiger partial charge in [-0.25, -0.2) is 9.78 Å². The molecular weight excluding hydrogens is 352 g/mol. The number of aromatic nitrogens is 1. The largest absolute Gasteiger partial charge is 0.378 e. The second-order valence-electron chi connectivity index (χ2n) is 6.78. The van der Waals surface area contributed by atoms with E-state index in [2.05, 4.69) is 22.0 Å². The Kier molecular flexibility index (Phi) is 5.24. The summed E-state index contributed by atoms with van der Waals surface area (Å²) in [4.78, 5) is 23.2. The van der Waals surface area contributed by atoms with Crippen molar-refractivity contribution < 1.29 is 9.53 Å². The monoisotopic (exact) mass is 374 g/mol. The van der Waals surface area contributed by atoms with E-state index in [9.17, 15) is 4.79 Å². The molecule has 1 aromatic carbocycles. The Morgan fingerprint density at radius 3 is 2.50 bits per heavy atom. The van der Waals surface area contributed by atoms with Crippen LogP contribution in [0.1, 0.15) is 5.56 Å². The molecule has 1 aromatic heterocycles. The summed E-state index contributed by atoms with van der Waals surface area (Å²) >= 11 is 6.38. The van der Waals surface area contributed by atoms with Crippen molar-refractivity contribution in [3.05, 3.63) is 41.0 Å². The molecule has 2 fully saturated rings. The van der Waals surface area contributed by atoms with Crippen molar-refractivity contribution in [2.75, 3.05) is 52.5 Å². The third-order valence-electron chi connectivity index (χ3n) is 5.07. The van der Waals surface area contributed by atoms with Gasteiger partial charge in [0.1, 0.15) is 5.15 Å². The van der Waals surface area contributed by atoms with Crippen LogP contribution in [0, 0.1) is 0 Å². The summed E-state index contributed by atoms with van der Waals surface area (Å²) < 4.78 is 5.32. The summed E-state index contributed by atoms with van der Waals surface area (Å²) in [6, 6.07) is 10.3. The maximum Gasteiger partial charge on any atom is 0.320 e. The number of carbonyl (C=O) groups excluding carboxylic acids is 1. The zero-order valence-corrected chi connectivity index (χ0v) is 15.5. The van der Waals surface area contributed by atoms with Crippen molar-refractivity contribution >= 4 is 28.5 Å². The van der Waals surface area contributed by atoms with Crippen molar-refractivity contribution in [2.45, 2.75) is 6.54 Å². The van der Waals surface area contributed by atoms with Gasteiger partial charge in [-0.15, -0.1) is 0 Å². The molecule has 0 unspecified atom stereocenters. The topological polar surface area (TPSA) is 48.9 Å². The van der Waals surface area contributed by atoms with Crippen molar-refractivity contribution in [1.82, 2.24) is 19.7 Å². The molecule has 0 aliphatic carbocycles. The number of rotatable bonds is 2. The lowest BCUT2D eigenvalue weighted by Crippen LogP contribution is -2.54. The van der Waals surface area contributed by atoms with E-state index >= 15 is 0 Å². The van der Waals surface area contributed by atoms with Gasteiger partial charge in [-0.2, -0.15) is 0 Å². The first-order valence-electron chi connectivity index (χ1n) is 9.09. The molecule has 0 spiro atoms. The maximum absolute atomic E-state index is 12.6. The SMILES string of the molecule is O=C(N1CCOCC1)N1CCN(Cc2cc3ccccc3nc2Cl)CC1. The first-order valence-corrected chi connectivity index (χ1v) is 9.46. The smallest absolute Gasteiger partial charge is 0.320 e. The Balaban J connectivity index is 1.36. The quantitative estimate of drug-likeness (QED) is 0.758. The average molecular weight is 375 g/mol. The van der Waals surface area contributed by atoms with Gasteiger partial charge in [-0.3, -0.25) is 4.90 Å². The summed E-state index contributed by atoms with van der Waals surface area (Å²) in [5, 5.41) is 1.67. The number of fused-ring (bicyclic) bond motifs is 1. The molecule has 0 N–H and O–H groups in total. The fourth-order valence-electron chi connectivity index (χ4n) is 3.54. The number of benzene rings is 1. The summed E-state index contributed by atoms with van der Waals surface area (Å²) in [7, 11) is 0. The minimum absolute atomic E-state index is 0.137. The van der Waals surface area contributed by atoms with E-state index in [0.717, 1.165) is 49.2 Å². The molecule has 2 amide bonds. The van der Waals surface area contributed by atoms with Crippen LogP contribution in [0.3, 0.4) is 0 Å². The molecule has 138 valence electrons. The lowest BCUT2D eigenvalue weighted by Gasteiger charge is -2.38. The third kappa shape index (κ3) is 3.77. The first kappa shape index (κ1) is 17.5. The Morgan fingerprint density at radius 2 is 1.73 bits per heavy atom. The van der Waals surface area contributed by atoms with Gasteiger partial charge in [-0.05, 0) is 12.1 Å². The summed E-state index contributed by atoms with van der Waals surface area (Å²) in [6.07, 6.45) is 0. The number of hydrogen-bond acceptors (Lipinski definition) is 4. The van der Waals surface area contributed by atoms with Crippen LogP contribution in [-0.2, 0) is 11.3 Å². The molecule has 7 heteroatoms. The van der Waals surface area contributed by atoms with E-state index in [1.54, 1.807) is 0 Å². The Hall–Kier alpha value is -1.89. The van der Waals surface area contributed by atoms with Crippen molar-refractivity contribution in [2.24, 2.45) is 0 Å². The standard InChI is InChI=1S/C19H23ClN4O2/c20-18-16(13-15-3-1-2-4-17(15)21-18)14-22-5-7-23(8-6-22)19(25)24-9-11-26-12-10-24/h1-4,13H,5-12,14H2. The molecule has 2 aliphatic heterocycles. The van der Waals surface area contributed by atoms with E-state index in [1.165, 1.54) is 0 Å². The number of ether oxygens (including phenoxy) is 1. The number of carbonyl (C=O) groups is 1. The number of amides is 2. The molecule has 2 aliphatic rings. The number of para-hydroxylation sites is 1. The first-order chi connectivity index (χ1) is 12.7.